The highest BCUT2D eigenvalue weighted by Crippen LogP contribution is 2.20. The van der Waals surface area contributed by atoms with Gasteiger partial charge in [0.25, 0.3) is 5.91 Å². The summed E-state index contributed by atoms with van der Waals surface area (Å²) in [6.45, 7) is 4.10. The van der Waals surface area contributed by atoms with Crippen molar-refractivity contribution in [3.63, 3.8) is 0 Å². The van der Waals surface area contributed by atoms with E-state index in [1.54, 1.807) is 11.0 Å². The van der Waals surface area contributed by atoms with Crippen LogP contribution in [0.1, 0.15) is 30.6 Å². The van der Waals surface area contributed by atoms with E-state index in [4.69, 9.17) is 11.6 Å². The van der Waals surface area contributed by atoms with Crippen LogP contribution in [0, 0.1) is 3.57 Å². The van der Waals surface area contributed by atoms with Crippen LogP contribution in [0.25, 0.3) is 0 Å². The molecule has 1 amide bonds. The molecule has 0 saturated heterocycles. The lowest BCUT2D eigenvalue weighted by Crippen LogP contribution is -2.34. The second-order valence-electron chi connectivity index (χ2n) is 3.80. The number of hydrogen-bond acceptors (Lipinski definition) is 1. The topological polar surface area (TPSA) is 20.3 Å². The minimum atomic E-state index is 0.0210. The fourth-order valence-corrected chi connectivity index (χ4v) is 1.82. The second kappa shape index (κ2) is 5.87. The van der Waals surface area contributed by atoms with E-state index in [0.29, 0.717) is 10.6 Å². The van der Waals surface area contributed by atoms with Crippen LogP contribution >= 0.6 is 34.2 Å². The normalized spacial score (nSPS) is 12.3. The molecule has 1 aromatic carbocycles. The van der Waals surface area contributed by atoms with Crippen molar-refractivity contribution in [2.24, 2.45) is 0 Å². The van der Waals surface area contributed by atoms with Gasteiger partial charge in [-0.2, -0.15) is 0 Å². The van der Waals surface area contributed by atoms with Crippen molar-refractivity contribution in [2.75, 3.05) is 7.05 Å². The predicted molar refractivity (Wildman–Crippen MR) is 76.0 cm³/mol. The number of benzene rings is 1. The van der Waals surface area contributed by atoms with Gasteiger partial charge in [0.2, 0.25) is 0 Å². The Labute approximate surface area is 115 Å². The maximum Gasteiger partial charge on any atom is 0.253 e. The standard InChI is InChI=1S/C12H15ClINO/c1-4-8(2)15(3)12(16)9-5-6-11(14)10(13)7-9/h5-8H,4H2,1-3H3. The maximum atomic E-state index is 12.1. The van der Waals surface area contributed by atoms with Crippen molar-refractivity contribution in [3.8, 4) is 0 Å². The van der Waals surface area contributed by atoms with Gasteiger partial charge in [-0.25, -0.2) is 0 Å². The number of halogens is 2. The molecule has 0 radical (unpaired) electrons. The van der Waals surface area contributed by atoms with Crippen molar-refractivity contribution in [1.82, 2.24) is 4.90 Å². The van der Waals surface area contributed by atoms with Gasteiger partial charge in [0.1, 0.15) is 0 Å². The molecule has 16 heavy (non-hydrogen) atoms. The summed E-state index contributed by atoms with van der Waals surface area (Å²) < 4.78 is 0.960. The molecule has 1 rings (SSSR count). The van der Waals surface area contributed by atoms with Crippen molar-refractivity contribution >= 4 is 40.1 Å². The van der Waals surface area contributed by atoms with Crippen LogP contribution in [0.5, 0.6) is 0 Å². The first-order chi connectivity index (χ1) is 7.47. The van der Waals surface area contributed by atoms with Crippen LogP contribution in [-0.2, 0) is 0 Å². The van der Waals surface area contributed by atoms with Crippen LogP contribution in [0.4, 0.5) is 0 Å². The molecule has 0 saturated carbocycles. The van der Waals surface area contributed by atoms with E-state index >= 15 is 0 Å². The van der Waals surface area contributed by atoms with Crippen LogP contribution < -0.4 is 0 Å². The molecule has 0 aromatic heterocycles. The highest BCUT2D eigenvalue weighted by Gasteiger charge is 2.16. The average Bonchev–Trinajstić information content (AvgIpc) is 2.29. The van der Waals surface area contributed by atoms with Crippen molar-refractivity contribution in [3.05, 3.63) is 32.4 Å². The molecular weight excluding hydrogens is 336 g/mol. The largest absolute Gasteiger partial charge is 0.339 e. The van der Waals surface area contributed by atoms with E-state index in [1.807, 2.05) is 26.1 Å². The Morgan fingerprint density at radius 1 is 1.56 bits per heavy atom. The zero-order valence-corrected chi connectivity index (χ0v) is 12.5. The quantitative estimate of drug-likeness (QED) is 0.758. The van der Waals surface area contributed by atoms with Gasteiger partial charge in [-0.15, -0.1) is 0 Å². The number of hydrogen-bond donors (Lipinski definition) is 0. The summed E-state index contributed by atoms with van der Waals surface area (Å²) in [6.07, 6.45) is 0.945. The third kappa shape index (κ3) is 3.10. The first-order valence-corrected chi connectivity index (χ1v) is 6.65. The molecule has 0 heterocycles. The van der Waals surface area contributed by atoms with Gasteiger partial charge in [0, 0.05) is 22.2 Å². The summed E-state index contributed by atoms with van der Waals surface area (Å²) in [5.41, 5.74) is 0.646. The molecule has 0 aliphatic heterocycles. The first-order valence-electron chi connectivity index (χ1n) is 5.19. The molecule has 0 bridgehead atoms. The number of carbonyl (C=O) groups is 1. The summed E-state index contributed by atoms with van der Waals surface area (Å²) in [5, 5.41) is 0.629. The molecule has 0 N–H and O–H groups in total. The lowest BCUT2D eigenvalue weighted by Gasteiger charge is -2.24. The van der Waals surface area contributed by atoms with E-state index in [-0.39, 0.29) is 11.9 Å². The molecular formula is C12H15ClINO. The maximum absolute atomic E-state index is 12.1. The highest BCUT2D eigenvalue weighted by molar-refractivity contribution is 14.1. The molecule has 0 aliphatic carbocycles. The third-order valence-corrected chi connectivity index (χ3v) is 4.31. The van der Waals surface area contributed by atoms with Gasteiger partial charge in [-0.3, -0.25) is 4.79 Å². The summed E-state index contributed by atoms with van der Waals surface area (Å²) in [5.74, 6) is 0.0210. The van der Waals surface area contributed by atoms with E-state index in [2.05, 4.69) is 29.5 Å². The third-order valence-electron chi connectivity index (χ3n) is 2.74. The molecule has 2 nitrogen and oxygen atoms in total. The summed E-state index contributed by atoms with van der Waals surface area (Å²) in [6, 6.07) is 5.64. The van der Waals surface area contributed by atoms with E-state index in [1.165, 1.54) is 0 Å². The minimum Gasteiger partial charge on any atom is -0.339 e. The lowest BCUT2D eigenvalue weighted by molar-refractivity contribution is 0.0740. The van der Waals surface area contributed by atoms with Crippen LogP contribution in [0.15, 0.2) is 18.2 Å². The van der Waals surface area contributed by atoms with Gasteiger partial charge in [-0.05, 0) is 54.1 Å². The van der Waals surface area contributed by atoms with Gasteiger partial charge >= 0.3 is 0 Å². The SMILES string of the molecule is CCC(C)N(C)C(=O)c1ccc(I)c(Cl)c1. The Balaban J connectivity index is 2.92. The van der Waals surface area contributed by atoms with E-state index < -0.39 is 0 Å². The number of amides is 1. The molecule has 88 valence electrons. The molecule has 0 fully saturated rings. The molecule has 4 heteroatoms. The van der Waals surface area contributed by atoms with E-state index in [9.17, 15) is 4.79 Å². The van der Waals surface area contributed by atoms with Gasteiger partial charge in [-0.1, -0.05) is 18.5 Å². The summed E-state index contributed by atoms with van der Waals surface area (Å²) >= 11 is 8.14. The Morgan fingerprint density at radius 2 is 2.19 bits per heavy atom. The fourth-order valence-electron chi connectivity index (χ4n) is 1.31. The molecule has 1 aromatic rings. The Kier molecular flexibility index (Phi) is 5.05. The first kappa shape index (κ1) is 13.8. The van der Waals surface area contributed by atoms with Gasteiger partial charge < -0.3 is 4.90 Å². The zero-order valence-electron chi connectivity index (χ0n) is 9.63. The van der Waals surface area contributed by atoms with Crippen LogP contribution in [0.2, 0.25) is 5.02 Å². The Morgan fingerprint density at radius 3 is 2.69 bits per heavy atom. The molecule has 1 unspecified atom stereocenters. The van der Waals surface area contributed by atoms with Crippen LogP contribution in [0.3, 0.4) is 0 Å². The summed E-state index contributed by atoms with van der Waals surface area (Å²) in [4.78, 5) is 13.8. The number of rotatable bonds is 3. The van der Waals surface area contributed by atoms with E-state index in [0.717, 1.165) is 9.99 Å². The Bertz CT molecular complexity index is 395. The molecule has 0 spiro atoms. The smallest absolute Gasteiger partial charge is 0.253 e. The van der Waals surface area contributed by atoms with Crippen LogP contribution in [-0.4, -0.2) is 23.9 Å². The average molecular weight is 352 g/mol. The number of nitrogens with zero attached hydrogens (tertiary/aromatic N) is 1. The highest BCUT2D eigenvalue weighted by atomic mass is 127. The van der Waals surface area contributed by atoms with Crippen molar-refractivity contribution in [1.29, 1.82) is 0 Å². The molecule has 0 aliphatic rings. The zero-order chi connectivity index (χ0) is 12.3. The molecule has 1 atom stereocenters. The Hall–Kier alpha value is -0.290. The van der Waals surface area contributed by atoms with Crippen molar-refractivity contribution in [2.45, 2.75) is 26.3 Å². The fraction of sp³-hybridized carbons (Fsp3) is 0.417. The second-order valence-corrected chi connectivity index (χ2v) is 5.37. The predicted octanol–water partition coefficient (Wildman–Crippen LogP) is 3.82. The van der Waals surface area contributed by atoms with Crippen molar-refractivity contribution < 1.29 is 4.79 Å². The summed E-state index contributed by atoms with van der Waals surface area (Å²) in [7, 11) is 1.82. The monoisotopic (exact) mass is 351 g/mol. The van der Waals surface area contributed by atoms with Gasteiger partial charge in [0.15, 0.2) is 0 Å². The minimum absolute atomic E-state index is 0.0210. The number of carbonyl (C=O) groups excluding carboxylic acids is 1. The lowest BCUT2D eigenvalue weighted by atomic mass is 10.1. The van der Waals surface area contributed by atoms with Gasteiger partial charge in [0.05, 0.1) is 5.02 Å².